The van der Waals surface area contributed by atoms with Crippen LogP contribution in [0.25, 0.3) is 0 Å². The number of aliphatic hydroxyl groups is 1. The number of benzene rings is 1. The Morgan fingerprint density at radius 2 is 2.15 bits per heavy atom. The maximum absolute atomic E-state index is 10.6. The second kappa shape index (κ2) is 5.41. The second-order valence-electron chi connectivity index (χ2n) is 5.75. The zero-order valence-electron chi connectivity index (χ0n) is 12.2. The molecule has 20 heavy (non-hydrogen) atoms. The Labute approximate surface area is 120 Å². The van der Waals surface area contributed by atoms with Crippen molar-refractivity contribution in [2.24, 2.45) is 13.0 Å². The molecule has 0 amide bonds. The van der Waals surface area contributed by atoms with Gasteiger partial charge in [0.2, 0.25) is 0 Å². The molecule has 2 aromatic rings. The van der Waals surface area contributed by atoms with Crippen molar-refractivity contribution < 1.29 is 5.11 Å². The van der Waals surface area contributed by atoms with E-state index in [4.69, 9.17) is 0 Å². The van der Waals surface area contributed by atoms with Crippen molar-refractivity contribution in [3.63, 3.8) is 0 Å². The summed E-state index contributed by atoms with van der Waals surface area (Å²) >= 11 is 0. The largest absolute Gasteiger partial charge is 0.388 e. The van der Waals surface area contributed by atoms with E-state index in [2.05, 4.69) is 36.3 Å². The van der Waals surface area contributed by atoms with Gasteiger partial charge in [0, 0.05) is 12.7 Å². The van der Waals surface area contributed by atoms with Crippen molar-refractivity contribution >= 4 is 0 Å². The Kier molecular flexibility index (Phi) is 3.62. The molecular formula is C17H22N2O. The highest BCUT2D eigenvalue weighted by molar-refractivity contribution is 5.32. The predicted octanol–water partition coefficient (Wildman–Crippen LogP) is 2.82. The van der Waals surface area contributed by atoms with Crippen LogP contribution >= 0.6 is 0 Å². The molecule has 2 unspecified atom stereocenters. The molecular weight excluding hydrogens is 248 g/mol. The summed E-state index contributed by atoms with van der Waals surface area (Å²) in [6.45, 7) is 2.12. The highest BCUT2D eigenvalue weighted by atomic mass is 16.3. The average Bonchev–Trinajstić information content (AvgIpc) is 2.83. The van der Waals surface area contributed by atoms with Crippen molar-refractivity contribution in [3.8, 4) is 0 Å². The van der Waals surface area contributed by atoms with Gasteiger partial charge in [-0.2, -0.15) is 5.10 Å². The van der Waals surface area contributed by atoms with Crippen molar-refractivity contribution in [1.29, 1.82) is 0 Å². The van der Waals surface area contributed by atoms with E-state index in [0.717, 1.165) is 36.9 Å². The number of hydrogen-bond donors (Lipinski definition) is 1. The van der Waals surface area contributed by atoms with Crippen LogP contribution in [0, 0.1) is 5.92 Å². The lowest BCUT2D eigenvalue weighted by Gasteiger charge is -2.30. The van der Waals surface area contributed by atoms with Gasteiger partial charge in [-0.15, -0.1) is 0 Å². The first-order valence-corrected chi connectivity index (χ1v) is 7.46. The minimum absolute atomic E-state index is 0.296. The van der Waals surface area contributed by atoms with E-state index in [9.17, 15) is 5.11 Å². The summed E-state index contributed by atoms with van der Waals surface area (Å²) in [6.07, 6.45) is 3.63. The third kappa shape index (κ3) is 2.38. The summed E-state index contributed by atoms with van der Waals surface area (Å²) in [5.74, 6) is 0.296. The van der Waals surface area contributed by atoms with Crippen LogP contribution in [-0.4, -0.2) is 14.9 Å². The van der Waals surface area contributed by atoms with Crippen LogP contribution < -0.4 is 0 Å². The molecule has 3 rings (SSSR count). The molecule has 0 saturated carbocycles. The number of aryl methyl sites for hydroxylation is 3. The number of aliphatic hydroxyl groups excluding tert-OH is 1. The fraction of sp³-hybridized carbons (Fsp3) is 0.471. The van der Waals surface area contributed by atoms with E-state index in [-0.39, 0.29) is 6.10 Å². The molecule has 3 heteroatoms. The van der Waals surface area contributed by atoms with Gasteiger partial charge in [0.05, 0.1) is 11.8 Å². The summed E-state index contributed by atoms with van der Waals surface area (Å²) in [7, 11) is 2.00. The SMILES string of the molecule is CCc1cc(CC2CCc3ccccc3C2O)n(C)n1. The third-order valence-electron chi connectivity index (χ3n) is 4.47. The van der Waals surface area contributed by atoms with Gasteiger partial charge < -0.3 is 5.11 Å². The third-order valence-corrected chi connectivity index (χ3v) is 4.47. The molecule has 1 aromatic carbocycles. The number of rotatable bonds is 3. The molecule has 1 aliphatic carbocycles. The van der Waals surface area contributed by atoms with Crippen molar-refractivity contribution in [2.45, 2.75) is 38.7 Å². The first kappa shape index (κ1) is 13.4. The van der Waals surface area contributed by atoms with Gasteiger partial charge in [0.25, 0.3) is 0 Å². The van der Waals surface area contributed by atoms with E-state index < -0.39 is 0 Å². The van der Waals surface area contributed by atoms with Crippen molar-refractivity contribution in [1.82, 2.24) is 9.78 Å². The maximum atomic E-state index is 10.6. The molecule has 0 radical (unpaired) electrons. The fourth-order valence-corrected chi connectivity index (χ4v) is 3.22. The van der Waals surface area contributed by atoms with Crippen LogP contribution in [0.1, 0.15) is 42.0 Å². The first-order valence-electron chi connectivity index (χ1n) is 7.46. The highest BCUT2D eigenvalue weighted by Gasteiger charge is 2.28. The van der Waals surface area contributed by atoms with E-state index in [1.54, 1.807) is 0 Å². The Hall–Kier alpha value is -1.61. The van der Waals surface area contributed by atoms with Crippen LogP contribution in [0.5, 0.6) is 0 Å². The second-order valence-corrected chi connectivity index (χ2v) is 5.75. The molecule has 0 fully saturated rings. The first-order chi connectivity index (χ1) is 9.69. The van der Waals surface area contributed by atoms with E-state index in [1.165, 1.54) is 11.3 Å². The molecule has 1 heterocycles. The zero-order valence-corrected chi connectivity index (χ0v) is 12.2. The summed E-state index contributed by atoms with van der Waals surface area (Å²) in [6, 6.07) is 10.4. The van der Waals surface area contributed by atoms with Crippen LogP contribution in [0.15, 0.2) is 30.3 Å². The van der Waals surface area contributed by atoms with Gasteiger partial charge in [-0.05, 0) is 48.8 Å². The standard InChI is InChI=1S/C17H22N2O/c1-3-14-11-15(19(2)18-14)10-13-9-8-12-6-4-5-7-16(12)17(13)20/h4-7,11,13,17,20H,3,8-10H2,1-2H3. The van der Waals surface area contributed by atoms with Crippen LogP contribution in [0.2, 0.25) is 0 Å². The lowest BCUT2D eigenvalue weighted by Crippen LogP contribution is -2.23. The van der Waals surface area contributed by atoms with Gasteiger partial charge in [-0.1, -0.05) is 31.2 Å². The van der Waals surface area contributed by atoms with E-state index >= 15 is 0 Å². The zero-order chi connectivity index (χ0) is 14.1. The Morgan fingerprint density at radius 1 is 1.35 bits per heavy atom. The molecule has 1 N–H and O–H groups in total. The summed E-state index contributed by atoms with van der Waals surface area (Å²) < 4.78 is 1.96. The van der Waals surface area contributed by atoms with Crippen LogP contribution in [0.4, 0.5) is 0 Å². The number of aromatic nitrogens is 2. The molecule has 1 aliphatic rings. The average molecular weight is 270 g/mol. The quantitative estimate of drug-likeness (QED) is 0.931. The molecule has 3 nitrogen and oxygen atoms in total. The topological polar surface area (TPSA) is 38.0 Å². The summed E-state index contributed by atoms with van der Waals surface area (Å²) in [5.41, 5.74) is 4.77. The monoisotopic (exact) mass is 270 g/mol. The molecule has 106 valence electrons. The van der Waals surface area contributed by atoms with Gasteiger partial charge in [0.1, 0.15) is 0 Å². The number of hydrogen-bond acceptors (Lipinski definition) is 2. The minimum Gasteiger partial charge on any atom is -0.388 e. The number of nitrogens with zero attached hydrogens (tertiary/aromatic N) is 2. The smallest absolute Gasteiger partial charge is 0.0824 e. The minimum atomic E-state index is -0.347. The normalized spacial score (nSPS) is 21.8. The van der Waals surface area contributed by atoms with Crippen molar-refractivity contribution in [2.75, 3.05) is 0 Å². The summed E-state index contributed by atoms with van der Waals surface area (Å²) in [5, 5.41) is 15.1. The van der Waals surface area contributed by atoms with Gasteiger partial charge >= 0.3 is 0 Å². The molecule has 2 atom stereocenters. The van der Waals surface area contributed by atoms with Crippen LogP contribution in [-0.2, 0) is 26.3 Å². The molecule has 0 aliphatic heterocycles. The van der Waals surface area contributed by atoms with Gasteiger partial charge in [-0.25, -0.2) is 0 Å². The van der Waals surface area contributed by atoms with E-state index in [0.29, 0.717) is 5.92 Å². The van der Waals surface area contributed by atoms with Crippen LogP contribution in [0.3, 0.4) is 0 Å². The molecule has 0 saturated heterocycles. The van der Waals surface area contributed by atoms with E-state index in [1.807, 2.05) is 17.8 Å². The summed E-state index contributed by atoms with van der Waals surface area (Å²) in [4.78, 5) is 0. The Morgan fingerprint density at radius 3 is 2.90 bits per heavy atom. The molecule has 1 aromatic heterocycles. The van der Waals surface area contributed by atoms with Gasteiger partial charge in [-0.3, -0.25) is 4.68 Å². The fourth-order valence-electron chi connectivity index (χ4n) is 3.22. The molecule has 0 spiro atoms. The maximum Gasteiger partial charge on any atom is 0.0824 e. The highest BCUT2D eigenvalue weighted by Crippen LogP contribution is 2.36. The van der Waals surface area contributed by atoms with Gasteiger partial charge in [0.15, 0.2) is 0 Å². The Balaban J connectivity index is 1.80. The molecule has 0 bridgehead atoms. The number of fused-ring (bicyclic) bond motifs is 1. The van der Waals surface area contributed by atoms with Crippen molar-refractivity contribution in [3.05, 3.63) is 52.8 Å². The predicted molar refractivity (Wildman–Crippen MR) is 79.5 cm³/mol. The lowest BCUT2D eigenvalue weighted by molar-refractivity contribution is 0.0926. The Bertz CT molecular complexity index is 603. The lowest BCUT2D eigenvalue weighted by atomic mass is 9.79.